The number of phenols is 1. The summed E-state index contributed by atoms with van der Waals surface area (Å²) in [7, 11) is 0. The molecule has 0 bridgehead atoms. The van der Waals surface area contributed by atoms with Crippen molar-refractivity contribution in [2.45, 2.75) is 36.6 Å². The maximum atomic E-state index is 11.7. The summed E-state index contributed by atoms with van der Waals surface area (Å²) >= 11 is 0. The number of phenolic OH excluding ortho intramolecular Hbond substituents is 1. The Bertz CT molecular complexity index is 553. The third kappa shape index (κ3) is 3.87. The van der Waals surface area contributed by atoms with Crippen LogP contribution in [0.1, 0.15) is 5.56 Å². The van der Waals surface area contributed by atoms with Crippen molar-refractivity contribution in [3.63, 3.8) is 0 Å². The van der Waals surface area contributed by atoms with E-state index < -0.39 is 42.6 Å². The minimum Gasteiger partial charge on any atom is -0.508 e. The number of esters is 1. The number of hydrogen-bond donors (Lipinski definition) is 6. The number of benzene rings is 1. The van der Waals surface area contributed by atoms with Crippen molar-refractivity contribution in [1.29, 1.82) is 0 Å². The lowest BCUT2D eigenvalue weighted by atomic mass is 9.85. The quantitative estimate of drug-likeness (QED) is 0.280. The van der Waals surface area contributed by atoms with E-state index in [1.807, 2.05) is 0 Å². The average Bonchev–Trinajstić information content (AvgIpc) is 2.54. The zero-order chi connectivity index (χ0) is 17.1. The molecule has 0 aromatic heterocycles. The van der Waals surface area contributed by atoms with Crippen LogP contribution in [-0.2, 0) is 9.53 Å². The van der Waals surface area contributed by atoms with E-state index >= 15 is 0 Å². The Labute approximate surface area is 131 Å². The normalized spacial score (nSPS) is 34.5. The molecule has 0 amide bonds. The number of aliphatic hydroxyl groups excluding tert-OH is 5. The summed E-state index contributed by atoms with van der Waals surface area (Å²) in [5, 5.41) is 57.2. The molecule has 1 aliphatic rings. The molecule has 1 aromatic rings. The maximum Gasteiger partial charge on any atom is 0.331 e. The smallest absolute Gasteiger partial charge is 0.331 e. The van der Waals surface area contributed by atoms with E-state index in [1.165, 1.54) is 18.2 Å². The molecule has 1 aromatic carbocycles. The Hall–Kier alpha value is -1.97. The number of aromatic hydroxyl groups is 1. The van der Waals surface area contributed by atoms with Crippen LogP contribution in [0.3, 0.4) is 0 Å². The highest BCUT2D eigenvalue weighted by Crippen LogP contribution is 2.24. The predicted octanol–water partition coefficient (Wildman–Crippen LogP) is -1.86. The standard InChI is InChI=1S/C15H18O8/c16-8-4-1-7(2-5-8)3-6-9(17)23-15-13(21)11(19)10(18)12(20)14(15)22/h1-6,10-16,18-22H/b6-3+/t10?,11-,12+,13+,14-,15?. The second kappa shape index (κ2) is 7.07. The van der Waals surface area contributed by atoms with Gasteiger partial charge in [0.1, 0.15) is 36.3 Å². The average molecular weight is 326 g/mol. The van der Waals surface area contributed by atoms with Gasteiger partial charge in [-0.2, -0.15) is 0 Å². The van der Waals surface area contributed by atoms with Gasteiger partial charge in [-0.25, -0.2) is 4.79 Å². The van der Waals surface area contributed by atoms with Crippen LogP contribution in [0.4, 0.5) is 0 Å². The van der Waals surface area contributed by atoms with Gasteiger partial charge in [0.15, 0.2) is 6.10 Å². The monoisotopic (exact) mass is 326 g/mol. The van der Waals surface area contributed by atoms with Crippen LogP contribution in [0.2, 0.25) is 0 Å². The molecule has 0 spiro atoms. The number of carbonyl (C=O) groups is 1. The van der Waals surface area contributed by atoms with Gasteiger partial charge in [0, 0.05) is 6.08 Å². The fourth-order valence-electron chi connectivity index (χ4n) is 2.26. The molecular formula is C15H18O8. The largest absolute Gasteiger partial charge is 0.508 e. The lowest BCUT2D eigenvalue weighted by molar-refractivity contribution is -0.231. The van der Waals surface area contributed by atoms with E-state index in [4.69, 9.17) is 9.84 Å². The van der Waals surface area contributed by atoms with Crippen LogP contribution < -0.4 is 0 Å². The SMILES string of the molecule is O=C(/C=C/c1ccc(O)cc1)OC1[C@@H](O)[C@H](O)C(O)[C@H](O)[C@H]1O. The van der Waals surface area contributed by atoms with Crippen molar-refractivity contribution in [2.75, 3.05) is 0 Å². The molecule has 1 fully saturated rings. The predicted molar refractivity (Wildman–Crippen MR) is 77.1 cm³/mol. The van der Waals surface area contributed by atoms with Gasteiger partial charge in [-0.15, -0.1) is 0 Å². The van der Waals surface area contributed by atoms with Crippen LogP contribution in [0.15, 0.2) is 30.3 Å². The van der Waals surface area contributed by atoms with Crippen molar-refractivity contribution in [3.05, 3.63) is 35.9 Å². The number of carbonyl (C=O) groups excluding carboxylic acids is 1. The van der Waals surface area contributed by atoms with Gasteiger partial charge in [-0.1, -0.05) is 12.1 Å². The number of rotatable bonds is 3. The van der Waals surface area contributed by atoms with Crippen LogP contribution in [0, 0.1) is 0 Å². The molecule has 1 saturated carbocycles. The minimum atomic E-state index is -1.76. The summed E-state index contributed by atoms with van der Waals surface area (Å²) in [6, 6.07) is 5.95. The molecule has 6 atom stereocenters. The molecule has 0 heterocycles. The summed E-state index contributed by atoms with van der Waals surface area (Å²) in [5.74, 6) is -0.850. The lowest BCUT2D eigenvalue weighted by Gasteiger charge is -2.40. The zero-order valence-electron chi connectivity index (χ0n) is 11.9. The fourth-order valence-corrected chi connectivity index (χ4v) is 2.26. The summed E-state index contributed by atoms with van der Waals surface area (Å²) < 4.78 is 4.84. The summed E-state index contributed by atoms with van der Waals surface area (Å²) in [6.07, 6.45) is -7.92. The van der Waals surface area contributed by atoms with Gasteiger partial charge in [-0.05, 0) is 23.8 Å². The summed E-state index contributed by atoms with van der Waals surface area (Å²) in [6.45, 7) is 0. The second-order valence-electron chi connectivity index (χ2n) is 5.28. The fraction of sp³-hybridized carbons (Fsp3) is 0.400. The molecule has 0 radical (unpaired) electrons. The van der Waals surface area contributed by atoms with E-state index in [0.717, 1.165) is 6.08 Å². The summed E-state index contributed by atoms with van der Waals surface area (Å²) in [5.41, 5.74) is 0.597. The summed E-state index contributed by atoms with van der Waals surface area (Å²) in [4.78, 5) is 11.7. The van der Waals surface area contributed by atoms with Gasteiger partial charge in [0.2, 0.25) is 0 Å². The van der Waals surface area contributed by atoms with Gasteiger partial charge >= 0.3 is 5.97 Å². The third-order valence-electron chi connectivity index (χ3n) is 3.63. The van der Waals surface area contributed by atoms with Crippen molar-refractivity contribution in [2.24, 2.45) is 0 Å². The first-order valence-electron chi connectivity index (χ1n) is 6.89. The van der Waals surface area contributed by atoms with Gasteiger partial charge in [-0.3, -0.25) is 0 Å². The Morgan fingerprint density at radius 1 is 0.870 bits per heavy atom. The first kappa shape index (κ1) is 17.4. The van der Waals surface area contributed by atoms with Crippen LogP contribution in [0.25, 0.3) is 6.08 Å². The molecule has 23 heavy (non-hydrogen) atoms. The van der Waals surface area contributed by atoms with E-state index in [9.17, 15) is 30.3 Å². The Balaban J connectivity index is 2.02. The molecule has 2 unspecified atom stereocenters. The second-order valence-corrected chi connectivity index (χ2v) is 5.28. The van der Waals surface area contributed by atoms with Gasteiger partial charge in [0.25, 0.3) is 0 Å². The molecule has 8 heteroatoms. The molecule has 126 valence electrons. The van der Waals surface area contributed by atoms with Crippen LogP contribution >= 0.6 is 0 Å². The van der Waals surface area contributed by atoms with Gasteiger partial charge < -0.3 is 35.4 Å². The number of aliphatic hydroxyl groups is 5. The van der Waals surface area contributed by atoms with E-state index in [2.05, 4.69) is 0 Å². The molecule has 8 nitrogen and oxygen atoms in total. The van der Waals surface area contributed by atoms with Crippen molar-refractivity contribution < 1.29 is 40.2 Å². The Morgan fingerprint density at radius 2 is 1.35 bits per heavy atom. The Morgan fingerprint density at radius 3 is 1.87 bits per heavy atom. The number of ether oxygens (including phenoxy) is 1. The first-order chi connectivity index (χ1) is 10.8. The number of hydrogen-bond acceptors (Lipinski definition) is 8. The highest BCUT2D eigenvalue weighted by atomic mass is 16.6. The topological polar surface area (TPSA) is 148 Å². The Kier molecular flexibility index (Phi) is 5.34. The van der Waals surface area contributed by atoms with E-state index in [1.54, 1.807) is 12.1 Å². The van der Waals surface area contributed by atoms with E-state index in [-0.39, 0.29) is 5.75 Å². The molecule has 2 rings (SSSR count). The van der Waals surface area contributed by atoms with Crippen LogP contribution in [0.5, 0.6) is 5.75 Å². The van der Waals surface area contributed by atoms with Crippen molar-refractivity contribution >= 4 is 12.0 Å². The molecule has 0 saturated heterocycles. The van der Waals surface area contributed by atoms with Crippen LogP contribution in [-0.4, -0.2) is 73.2 Å². The van der Waals surface area contributed by atoms with E-state index in [0.29, 0.717) is 5.56 Å². The molecule has 1 aliphatic carbocycles. The minimum absolute atomic E-state index is 0.0692. The highest BCUT2D eigenvalue weighted by Gasteiger charge is 2.50. The lowest BCUT2D eigenvalue weighted by Crippen LogP contribution is -2.64. The molecule has 6 N–H and O–H groups in total. The van der Waals surface area contributed by atoms with Crippen molar-refractivity contribution in [1.82, 2.24) is 0 Å². The van der Waals surface area contributed by atoms with Crippen molar-refractivity contribution in [3.8, 4) is 5.75 Å². The van der Waals surface area contributed by atoms with Gasteiger partial charge in [0.05, 0.1) is 0 Å². The highest BCUT2D eigenvalue weighted by molar-refractivity contribution is 5.87. The molecule has 0 aliphatic heterocycles. The molecular weight excluding hydrogens is 308 g/mol. The third-order valence-corrected chi connectivity index (χ3v) is 3.63. The zero-order valence-corrected chi connectivity index (χ0v) is 11.9. The first-order valence-corrected chi connectivity index (χ1v) is 6.89. The maximum absolute atomic E-state index is 11.7.